The van der Waals surface area contributed by atoms with Crippen molar-refractivity contribution in [3.63, 3.8) is 0 Å². The van der Waals surface area contributed by atoms with E-state index in [4.69, 9.17) is 4.74 Å². The molecule has 6 rings (SSSR count). The van der Waals surface area contributed by atoms with Gasteiger partial charge in [0.25, 0.3) is 5.56 Å². The number of pyridine rings is 2. The molecule has 2 atom stereocenters. The van der Waals surface area contributed by atoms with Gasteiger partial charge in [-0.2, -0.15) is 0 Å². The van der Waals surface area contributed by atoms with Crippen molar-refractivity contribution in [3.8, 4) is 11.3 Å². The molecule has 3 fully saturated rings. The molecule has 0 bridgehead atoms. The SMILES string of the molecule is CC(n1cc(-c2cncc(C3CC3)c2)nn1)n1ccc(N2CCC[C@@H](N(CC3CC3)C(=O)OC(C)(C)C)C2)cc1=O. The van der Waals surface area contributed by atoms with Crippen molar-refractivity contribution in [1.29, 1.82) is 0 Å². The van der Waals surface area contributed by atoms with E-state index in [1.807, 2.05) is 63.4 Å². The first-order valence-corrected chi connectivity index (χ1v) is 15.0. The Labute approximate surface area is 241 Å². The summed E-state index contributed by atoms with van der Waals surface area (Å²) in [5.74, 6) is 1.18. The number of hydrogen-bond acceptors (Lipinski definition) is 7. The quantitative estimate of drug-likeness (QED) is 0.380. The lowest BCUT2D eigenvalue weighted by Gasteiger charge is -2.40. The van der Waals surface area contributed by atoms with Gasteiger partial charge in [-0.3, -0.25) is 14.3 Å². The van der Waals surface area contributed by atoms with Gasteiger partial charge in [0.15, 0.2) is 0 Å². The molecule has 1 saturated heterocycles. The van der Waals surface area contributed by atoms with Gasteiger partial charge in [-0.25, -0.2) is 9.48 Å². The van der Waals surface area contributed by atoms with E-state index < -0.39 is 5.60 Å². The Morgan fingerprint density at radius 1 is 1.15 bits per heavy atom. The molecule has 1 unspecified atom stereocenters. The summed E-state index contributed by atoms with van der Waals surface area (Å²) in [7, 11) is 0. The van der Waals surface area contributed by atoms with Crippen molar-refractivity contribution in [1.82, 2.24) is 29.4 Å². The second-order valence-electron chi connectivity index (χ2n) is 12.9. The van der Waals surface area contributed by atoms with E-state index in [1.54, 1.807) is 15.3 Å². The van der Waals surface area contributed by atoms with Gasteiger partial charge in [0.2, 0.25) is 0 Å². The maximum absolute atomic E-state index is 13.3. The predicted octanol–water partition coefficient (Wildman–Crippen LogP) is 5.06. The van der Waals surface area contributed by atoms with Gasteiger partial charge in [0, 0.05) is 55.5 Å². The number of anilines is 1. The van der Waals surface area contributed by atoms with Crippen molar-refractivity contribution in [2.45, 2.75) is 89.9 Å². The number of ether oxygens (including phenoxy) is 1. The lowest BCUT2D eigenvalue weighted by Crippen LogP contribution is -2.52. The van der Waals surface area contributed by atoms with Gasteiger partial charge in [-0.15, -0.1) is 5.10 Å². The molecule has 218 valence electrons. The van der Waals surface area contributed by atoms with Crippen LogP contribution in [0.4, 0.5) is 10.5 Å². The van der Waals surface area contributed by atoms with Crippen molar-refractivity contribution < 1.29 is 9.53 Å². The fourth-order valence-corrected chi connectivity index (χ4v) is 5.66. The van der Waals surface area contributed by atoms with Crippen LogP contribution in [-0.2, 0) is 4.74 Å². The van der Waals surface area contributed by atoms with Crippen molar-refractivity contribution >= 4 is 11.8 Å². The van der Waals surface area contributed by atoms with Gasteiger partial charge >= 0.3 is 6.09 Å². The Morgan fingerprint density at radius 2 is 1.95 bits per heavy atom. The molecule has 10 heteroatoms. The highest BCUT2D eigenvalue weighted by molar-refractivity contribution is 5.69. The van der Waals surface area contributed by atoms with E-state index in [1.165, 1.54) is 31.2 Å². The molecule has 1 aliphatic heterocycles. The minimum atomic E-state index is -0.531. The standard InChI is InChI=1S/C31H41N7O3/c1-21(38-20-28(33-34-38)25-14-24(16-32-17-25)23-9-10-23)36-13-11-26(15-29(36)39)35-12-5-6-27(19-35)37(18-22-7-8-22)30(40)41-31(2,3)4/h11,13-17,20-23,27H,5-10,12,18-19H2,1-4H3/t21?,27-/m1/s1. The Bertz CT molecular complexity index is 1450. The first-order valence-electron chi connectivity index (χ1n) is 15.0. The largest absolute Gasteiger partial charge is 0.444 e. The van der Waals surface area contributed by atoms with Crippen molar-refractivity contribution in [2.75, 3.05) is 24.5 Å². The number of aromatic nitrogens is 5. The number of rotatable bonds is 8. The molecule has 0 radical (unpaired) electrons. The van der Waals surface area contributed by atoms with Crippen LogP contribution in [-0.4, -0.2) is 66.8 Å². The van der Waals surface area contributed by atoms with E-state index in [9.17, 15) is 9.59 Å². The zero-order valence-electron chi connectivity index (χ0n) is 24.6. The number of nitrogens with zero attached hydrogens (tertiary/aromatic N) is 7. The van der Waals surface area contributed by atoms with E-state index in [2.05, 4.69) is 26.3 Å². The molecule has 1 amide bonds. The van der Waals surface area contributed by atoms with Crippen LogP contribution in [0.5, 0.6) is 0 Å². The monoisotopic (exact) mass is 559 g/mol. The molecule has 3 aromatic rings. The first-order chi connectivity index (χ1) is 19.6. The molecule has 0 N–H and O–H groups in total. The molecule has 3 aliphatic rings. The summed E-state index contributed by atoms with van der Waals surface area (Å²) in [6.07, 6.45) is 13.5. The number of amides is 1. The smallest absolute Gasteiger partial charge is 0.410 e. The van der Waals surface area contributed by atoms with Crippen LogP contribution in [0.15, 0.2) is 47.8 Å². The molecule has 41 heavy (non-hydrogen) atoms. The van der Waals surface area contributed by atoms with Crippen LogP contribution in [0.2, 0.25) is 0 Å². The third-order valence-electron chi connectivity index (χ3n) is 8.31. The third-order valence-corrected chi connectivity index (χ3v) is 8.31. The summed E-state index contributed by atoms with van der Waals surface area (Å²) >= 11 is 0. The van der Waals surface area contributed by atoms with Crippen LogP contribution >= 0.6 is 0 Å². The number of carbonyl (C=O) groups excluding carboxylic acids is 1. The summed E-state index contributed by atoms with van der Waals surface area (Å²) in [4.78, 5) is 35.0. The van der Waals surface area contributed by atoms with Gasteiger partial charge in [0.1, 0.15) is 17.5 Å². The topological polar surface area (TPSA) is 98.4 Å². The summed E-state index contributed by atoms with van der Waals surface area (Å²) in [6, 6.07) is 5.88. The highest BCUT2D eigenvalue weighted by Crippen LogP contribution is 2.40. The summed E-state index contributed by atoms with van der Waals surface area (Å²) in [5.41, 5.74) is 3.18. The van der Waals surface area contributed by atoms with E-state index in [0.29, 0.717) is 18.4 Å². The normalized spacial score (nSPS) is 20.1. The third kappa shape index (κ3) is 6.47. The van der Waals surface area contributed by atoms with E-state index >= 15 is 0 Å². The van der Waals surface area contributed by atoms with Crippen LogP contribution in [0.3, 0.4) is 0 Å². The second-order valence-corrected chi connectivity index (χ2v) is 12.9. The Hall–Kier alpha value is -3.69. The highest BCUT2D eigenvalue weighted by atomic mass is 16.6. The molecule has 2 aliphatic carbocycles. The first kappa shape index (κ1) is 27.5. The predicted molar refractivity (Wildman–Crippen MR) is 157 cm³/mol. The molecule has 0 spiro atoms. The van der Waals surface area contributed by atoms with Crippen LogP contribution in [0.1, 0.15) is 83.9 Å². The Kier molecular flexibility index (Phi) is 7.34. The average molecular weight is 560 g/mol. The Balaban J connectivity index is 1.16. The maximum atomic E-state index is 13.3. The summed E-state index contributed by atoms with van der Waals surface area (Å²) in [5, 5.41) is 8.70. The molecule has 2 saturated carbocycles. The summed E-state index contributed by atoms with van der Waals surface area (Å²) < 4.78 is 9.16. The molecule has 10 nitrogen and oxygen atoms in total. The lowest BCUT2D eigenvalue weighted by molar-refractivity contribution is 0.0134. The van der Waals surface area contributed by atoms with Gasteiger partial charge < -0.3 is 14.5 Å². The van der Waals surface area contributed by atoms with Crippen molar-refractivity contribution in [2.24, 2.45) is 5.92 Å². The molecule has 3 aromatic heterocycles. The van der Waals surface area contributed by atoms with Crippen molar-refractivity contribution in [3.05, 3.63) is 58.9 Å². The van der Waals surface area contributed by atoms with Crippen LogP contribution < -0.4 is 10.5 Å². The maximum Gasteiger partial charge on any atom is 0.410 e. The zero-order chi connectivity index (χ0) is 28.7. The number of piperidine rings is 1. The fraction of sp³-hybridized carbons (Fsp3) is 0.581. The minimum Gasteiger partial charge on any atom is -0.444 e. The van der Waals surface area contributed by atoms with Crippen LogP contribution in [0, 0.1) is 5.92 Å². The number of hydrogen-bond donors (Lipinski definition) is 0. The lowest BCUT2D eigenvalue weighted by atomic mass is 10.0. The van der Waals surface area contributed by atoms with E-state index in [0.717, 1.165) is 42.9 Å². The highest BCUT2D eigenvalue weighted by Gasteiger charge is 2.36. The Morgan fingerprint density at radius 3 is 2.66 bits per heavy atom. The average Bonchev–Trinajstić information content (AvgIpc) is 3.89. The van der Waals surface area contributed by atoms with E-state index in [-0.39, 0.29) is 23.9 Å². The molecular weight excluding hydrogens is 518 g/mol. The molecule has 4 heterocycles. The second kappa shape index (κ2) is 10.9. The van der Waals surface area contributed by atoms with Gasteiger partial charge in [-0.1, -0.05) is 5.21 Å². The zero-order valence-corrected chi connectivity index (χ0v) is 24.6. The van der Waals surface area contributed by atoms with Crippen LogP contribution in [0.25, 0.3) is 11.3 Å². The minimum absolute atomic E-state index is 0.0574. The molecular formula is C31H41N7O3. The molecule has 0 aromatic carbocycles. The summed E-state index contributed by atoms with van der Waals surface area (Å²) in [6.45, 7) is 9.94. The fourth-order valence-electron chi connectivity index (χ4n) is 5.66. The number of carbonyl (C=O) groups is 1. The van der Waals surface area contributed by atoms with Gasteiger partial charge in [0.05, 0.1) is 12.2 Å². The van der Waals surface area contributed by atoms with Gasteiger partial charge in [-0.05, 0) is 95.8 Å².